The second-order valence-corrected chi connectivity index (χ2v) is 20.9. The van der Waals surface area contributed by atoms with Gasteiger partial charge in [0.05, 0.1) is 51.6 Å². The molecule has 16 heteroatoms. The largest absolute Gasteiger partial charge is 0.497 e. The van der Waals surface area contributed by atoms with Gasteiger partial charge in [-0.25, -0.2) is 9.46 Å². The van der Waals surface area contributed by atoms with Crippen LogP contribution in [0.5, 0.6) is 11.5 Å². The van der Waals surface area contributed by atoms with E-state index in [-0.39, 0.29) is 38.1 Å². The number of aromatic nitrogens is 2. The normalized spacial score (nSPS) is 16.7. The number of aromatic amines is 1. The lowest BCUT2D eigenvalue weighted by Gasteiger charge is -2.39. The van der Waals surface area contributed by atoms with Crippen LogP contribution >= 0.6 is 42.5 Å². The third-order valence-electron chi connectivity index (χ3n) is 11.5. The van der Waals surface area contributed by atoms with Gasteiger partial charge in [-0.2, -0.15) is 5.26 Å². The standard InChI is InChI=1S/C51H53N4O8PS3/c1-33(2)55(34(3)4)64(61-28-11-27-52)63-41-30-48(54-31-40(49(56)53-50(54)57)43-23-24-46(66-43)47-26-25-45(67-47)44-14-10-29-65-44)62-42(41)32-60-51(35-12-8-7-9-13-35,36-15-19-38(58-5)20-16-36)37-17-21-39(59-6)22-18-37/h7-10,12-26,29,31,33-34,41-42,48H,11,28,30,32H2,1-6H3,(H,53,56,57)/t41-,42+,48+,64?/m0/s1. The van der Waals surface area contributed by atoms with Gasteiger partial charge in [-0.15, -0.1) is 34.0 Å². The van der Waals surface area contributed by atoms with Crippen LogP contribution in [0.1, 0.15) is 63.5 Å². The smallest absolute Gasteiger partial charge is 0.330 e. The molecule has 8 rings (SSSR count). The highest BCUT2D eigenvalue weighted by Crippen LogP contribution is 2.51. The predicted molar refractivity (Wildman–Crippen MR) is 268 cm³/mol. The average Bonchev–Trinajstić information content (AvgIpc) is 4.19. The molecule has 0 amide bonds. The van der Waals surface area contributed by atoms with Crippen LogP contribution in [0.2, 0.25) is 0 Å². The van der Waals surface area contributed by atoms with E-state index in [4.69, 9.17) is 28.0 Å². The molecule has 1 fully saturated rings. The fourth-order valence-corrected chi connectivity index (χ4v) is 13.0. The highest BCUT2D eigenvalue weighted by Gasteiger charge is 2.45. The number of H-pyrrole nitrogens is 1. The highest BCUT2D eigenvalue weighted by atomic mass is 32.1. The lowest BCUT2D eigenvalue weighted by molar-refractivity contribution is -0.0925. The van der Waals surface area contributed by atoms with E-state index in [1.165, 1.54) is 25.7 Å². The molecule has 3 aromatic carbocycles. The zero-order chi connectivity index (χ0) is 47.1. The van der Waals surface area contributed by atoms with Crippen molar-refractivity contribution in [2.45, 2.75) is 76.7 Å². The molecule has 4 aromatic heterocycles. The maximum absolute atomic E-state index is 13.9. The van der Waals surface area contributed by atoms with E-state index in [0.29, 0.717) is 21.9 Å². The van der Waals surface area contributed by atoms with Crippen LogP contribution in [0, 0.1) is 11.3 Å². The van der Waals surface area contributed by atoms with Crippen molar-refractivity contribution in [3.05, 3.63) is 164 Å². The number of hydrogen-bond acceptors (Lipinski definition) is 13. The van der Waals surface area contributed by atoms with Gasteiger partial charge in [0, 0.05) is 49.1 Å². The predicted octanol–water partition coefficient (Wildman–Crippen LogP) is 11.7. The summed E-state index contributed by atoms with van der Waals surface area (Å²) in [6, 6.07) is 40.1. The summed E-state index contributed by atoms with van der Waals surface area (Å²) in [5, 5.41) is 11.5. The Morgan fingerprint density at radius 3 is 1.94 bits per heavy atom. The minimum absolute atomic E-state index is 0.00631. The molecule has 4 atom stereocenters. The van der Waals surface area contributed by atoms with E-state index >= 15 is 0 Å². The Labute approximate surface area is 403 Å². The molecule has 7 aromatic rings. The third kappa shape index (κ3) is 10.6. The van der Waals surface area contributed by atoms with E-state index in [1.807, 2.05) is 97.1 Å². The monoisotopic (exact) mass is 976 g/mol. The van der Waals surface area contributed by atoms with Gasteiger partial charge < -0.3 is 28.0 Å². The molecule has 1 aliphatic rings. The summed E-state index contributed by atoms with van der Waals surface area (Å²) in [5.41, 5.74) is 0.625. The van der Waals surface area contributed by atoms with Crippen LogP contribution < -0.4 is 20.7 Å². The molecule has 1 saturated heterocycles. The molecule has 1 N–H and O–H groups in total. The number of hydrogen-bond donors (Lipinski definition) is 1. The van der Waals surface area contributed by atoms with E-state index in [9.17, 15) is 14.9 Å². The highest BCUT2D eigenvalue weighted by molar-refractivity contribution is 7.44. The molecule has 67 heavy (non-hydrogen) atoms. The first kappa shape index (κ1) is 48.2. The molecule has 0 spiro atoms. The molecule has 5 heterocycles. The summed E-state index contributed by atoms with van der Waals surface area (Å²) in [7, 11) is 1.53. The first-order valence-corrected chi connectivity index (χ1v) is 25.7. The Balaban J connectivity index is 1.18. The number of nitrogens with one attached hydrogen (secondary N) is 1. The summed E-state index contributed by atoms with van der Waals surface area (Å²) in [4.78, 5) is 35.3. The van der Waals surface area contributed by atoms with Crippen molar-refractivity contribution in [2.75, 3.05) is 27.4 Å². The Bertz CT molecular complexity index is 2800. The molecule has 1 aliphatic heterocycles. The van der Waals surface area contributed by atoms with E-state index < -0.39 is 43.8 Å². The van der Waals surface area contributed by atoms with Gasteiger partial charge in [0.25, 0.3) is 14.1 Å². The number of benzene rings is 3. The van der Waals surface area contributed by atoms with Gasteiger partial charge in [0.15, 0.2) is 0 Å². The van der Waals surface area contributed by atoms with Crippen molar-refractivity contribution in [3.63, 3.8) is 0 Å². The van der Waals surface area contributed by atoms with Gasteiger partial charge in [0.2, 0.25) is 0 Å². The fourth-order valence-electron chi connectivity index (χ4n) is 8.34. The Kier molecular flexibility index (Phi) is 15.7. The Morgan fingerprint density at radius 2 is 1.37 bits per heavy atom. The zero-order valence-corrected chi connectivity index (χ0v) is 41.5. The van der Waals surface area contributed by atoms with Crippen LogP contribution in [0.3, 0.4) is 0 Å². The molecule has 0 bridgehead atoms. The zero-order valence-electron chi connectivity index (χ0n) is 38.1. The second kappa shape index (κ2) is 21.8. The third-order valence-corrected chi connectivity index (χ3v) is 17.1. The second-order valence-electron chi connectivity index (χ2n) is 16.4. The lowest BCUT2D eigenvalue weighted by atomic mass is 9.80. The molecular weight excluding hydrogens is 924 g/mol. The van der Waals surface area contributed by atoms with Crippen molar-refractivity contribution in [1.82, 2.24) is 14.2 Å². The minimum Gasteiger partial charge on any atom is -0.497 e. The van der Waals surface area contributed by atoms with E-state index in [1.54, 1.807) is 43.1 Å². The molecule has 0 saturated carbocycles. The van der Waals surface area contributed by atoms with E-state index in [2.05, 4.69) is 67.0 Å². The number of thiophene rings is 3. The van der Waals surface area contributed by atoms with Crippen molar-refractivity contribution < 1.29 is 28.0 Å². The first-order chi connectivity index (χ1) is 32.5. The average molecular weight is 977 g/mol. The number of rotatable bonds is 20. The van der Waals surface area contributed by atoms with Crippen molar-refractivity contribution in [1.29, 1.82) is 5.26 Å². The first-order valence-electron chi connectivity index (χ1n) is 22.0. The number of methoxy groups -OCH3 is 2. The topological polar surface area (TPSA) is 137 Å². The molecule has 0 radical (unpaired) electrons. The van der Waals surface area contributed by atoms with Gasteiger partial charge in [-0.3, -0.25) is 14.3 Å². The SMILES string of the molecule is COc1ccc(C(OC[C@H]2O[C@@H](n3cc(-c4ccc(-c5ccc(-c6cccs6)s5)s4)c(=O)[nH]c3=O)C[C@@H]2OP(OCCC#N)N(C(C)C)C(C)C)(c2ccccc2)c2ccc(OC)cc2)cc1. The van der Waals surface area contributed by atoms with Gasteiger partial charge in [-0.05, 0) is 104 Å². The van der Waals surface area contributed by atoms with Gasteiger partial charge >= 0.3 is 5.69 Å². The molecule has 1 unspecified atom stereocenters. The fraction of sp³-hybridized carbons (Fsp3) is 0.314. The van der Waals surface area contributed by atoms with Crippen molar-refractivity contribution in [2.24, 2.45) is 0 Å². The number of ether oxygens (including phenoxy) is 4. The summed E-state index contributed by atoms with van der Waals surface area (Å²) >= 11 is 4.89. The van der Waals surface area contributed by atoms with Crippen LogP contribution in [-0.4, -0.2) is 65.9 Å². The van der Waals surface area contributed by atoms with Crippen molar-refractivity contribution >= 4 is 42.5 Å². The Hall–Kier alpha value is -5.24. The Morgan fingerprint density at radius 1 is 0.791 bits per heavy atom. The quantitative estimate of drug-likeness (QED) is 0.0446. The number of nitriles is 1. The summed E-state index contributed by atoms with van der Waals surface area (Å²) in [6.07, 6.45) is -0.260. The molecule has 0 aliphatic carbocycles. The maximum Gasteiger partial charge on any atom is 0.330 e. The summed E-state index contributed by atoms with van der Waals surface area (Å²) in [5.74, 6) is 1.39. The van der Waals surface area contributed by atoms with Crippen LogP contribution in [0.25, 0.3) is 29.9 Å². The molecule has 348 valence electrons. The summed E-state index contributed by atoms with van der Waals surface area (Å²) in [6.45, 7) is 8.50. The summed E-state index contributed by atoms with van der Waals surface area (Å²) < 4.78 is 42.5. The van der Waals surface area contributed by atoms with Crippen LogP contribution in [-0.2, 0) is 24.1 Å². The van der Waals surface area contributed by atoms with Crippen LogP contribution in [0.4, 0.5) is 0 Å². The van der Waals surface area contributed by atoms with Gasteiger partial charge in [0.1, 0.15) is 29.4 Å². The molecular formula is C51H53N4O8PS3. The minimum atomic E-state index is -1.73. The van der Waals surface area contributed by atoms with Crippen molar-refractivity contribution in [3.8, 4) is 47.5 Å². The maximum atomic E-state index is 13.9. The number of nitrogens with zero attached hydrogens (tertiary/aromatic N) is 3. The van der Waals surface area contributed by atoms with E-state index in [0.717, 1.165) is 26.4 Å². The van der Waals surface area contributed by atoms with Crippen LogP contribution in [0.15, 0.2) is 136 Å². The molecule has 12 nitrogen and oxygen atoms in total. The van der Waals surface area contributed by atoms with Gasteiger partial charge in [-0.1, -0.05) is 60.7 Å². The lowest BCUT2D eigenvalue weighted by Crippen LogP contribution is -2.39.